The number of hydrogen-bond acceptors (Lipinski definition) is 3. The lowest BCUT2D eigenvalue weighted by Crippen LogP contribution is -2.60. The van der Waals surface area contributed by atoms with Gasteiger partial charge in [-0.3, -0.25) is 9.69 Å². The quantitative estimate of drug-likeness (QED) is 0.582. The van der Waals surface area contributed by atoms with Gasteiger partial charge in [0.15, 0.2) is 11.6 Å². The summed E-state index contributed by atoms with van der Waals surface area (Å²) in [5.74, 6) is -5.48. The minimum atomic E-state index is -1.81. The van der Waals surface area contributed by atoms with Gasteiger partial charge in [-0.2, -0.15) is 0 Å². The Labute approximate surface area is 209 Å². The molecule has 0 bridgehead atoms. The van der Waals surface area contributed by atoms with E-state index >= 15 is 0 Å². The maximum absolute atomic E-state index is 14.9. The lowest BCUT2D eigenvalue weighted by Gasteiger charge is -2.50. The zero-order valence-electron chi connectivity index (χ0n) is 21.4. The summed E-state index contributed by atoms with van der Waals surface area (Å²) in [6, 6.07) is 6.24. The first kappa shape index (κ1) is 26.6. The number of carbonyl (C=O) groups excluding carboxylic acids is 1. The molecule has 2 aliphatic rings. The number of aliphatic hydroxyl groups is 1. The summed E-state index contributed by atoms with van der Waals surface area (Å²) < 4.78 is 57.4. The number of halogens is 4. The van der Waals surface area contributed by atoms with Crippen molar-refractivity contribution < 1.29 is 27.5 Å². The van der Waals surface area contributed by atoms with Crippen LogP contribution in [0.4, 0.5) is 17.6 Å². The molecule has 1 amide bonds. The molecule has 0 unspecified atom stereocenters. The Morgan fingerprint density at radius 2 is 1.72 bits per heavy atom. The maximum atomic E-state index is 14.9. The summed E-state index contributed by atoms with van der Waals surface area (Å²) in [6.07, 6.45) is 0.383. The molecule has 2 aliphatic heterocycles. The van der Waals surface area contributed by atoms with Gasteiger partial charge < -0.3 is 10.0 Å². The molecule has 0 radical (unpaired) electrons. The van der Waals surface area contributed by atoms with Crippen molar-refractivity contribution in [1.29, 1.82) is 0 Å². The molecule has 0 spiro atoms. The van der Waals surface area contributed by atoms with E-state index in [0.29, 0.717) is 26.1 Å². The van der Waals surface area contributed by atoms with Gasteiger partial charge in [-0.25, -0.2) is 17.6 Å². The molecule has 1 N–H and O–H groups in total. The molecule has 4 nitrogen and oxygen atoms in total. The van der Waals surface area contributed by atoms with Crippen LogP contribution >= 0.6 is 0 Å². The predicted octanol–water partition coefficient (Wildman–Crippen LogP) is 5.20. The van der Waals surface area contributed by atoms with Crippen LogP contribution in [-0.2, 0) is 10.4 Å². The van der Waals surface area contributed by atoms with Crippen LogP contribution in [0.25, 0.3) is 0 Å². The van der Waals surface area contributed by atoms with Gasteiger partial charge in [0.25, 0.3) is 0 Å². The standard InChI is InChI=1S/C28H34F4N2O2/c1-16-11-12-34(17(2)28(16,36)22-7-6-8-23(30)25(22)32)26(35)21-15-33(27(3,4)5)14-20(21)19-10-9-18(29)13-24(19)31/h6-10,13,16-17,20-21,36H,11-12,14-15H2,1-5H3/t16-,17-,20-,21+,28-/m0/s1. The molecular formula is C28H34F4N2O2. The average molecular weight is 507 g/mol. The van der Waals surface area contributed by atoms with Crippen LogP contribution in [0.15, 0.2) is 36.4 Å². The number of benzene rings is 2. The van der Waals surface area contributed by atoms with Gasteiger partial charge >= 0.3 is 0 Å². The van der Waals surface area contributed by atoms with Gasteiger partial charge in [0, 0.05) is 42.7 Å². The zero-order chi connectivity index (χ0) is 26.6. The summed E-state index contributed by atoms with van der Waals surface area (Å²) in [4.78, 5) is 17.7. The summed E-state index contributed by atoms with van der Waals surface area (Å²) in [5.41, 5.74) is -2.01. The fraction of sp³-hybridized carbons (Fsp3) is 0.536. The van der Waals surface area contributed by atoms with Crippen molar-refractivity contribution in [3.05, 3.63) is 70.8 Å². The lowest BCUT2D eigenvalue weighted by atomic mass is 9.71. The number of piperidine rings is 1. The molecule has 196 valence electrons. The van der Waals surface area contributed by atoms with Crippen LogP contribution in [0, 0.1) is 35.1 Å². The molecule has 0 aromatic heterocycles. The number of nitrogens with zero attached hydrogens (tertiary/aromatic N) is 2. The van der Waals surface area contributed by atoms with E-state index in [1.165, 1.54) is 29.2 Å². The highest BCUT2D eigenvalue weighted by molar-refractivity contribution is 5.81. The number of carbonyl (C=O) groups is 1. The van der Waals surface area contributed by atoms with Crippen molar-refractivity contribution in [2.45, 2.75) is 64.1 Å². The Balaban J connectivity index is 1.72. The van der Waals surface area contributed by atoms with E-state index in [0.717, 1.165) is 12.1 Å². The van der Waals surface area contributed by atoms with Crippen molar-refractivity contribution in [2.75, 3.05) is 19.6 Å². The molecule has 36 heavy (non-hydrogen) atoms. The number of amides is 1. The van der Waals surface area contributed by atoms with Crippen molar-refractivity contribution in [1.82, 2.24) is 9.80 Å². The van der Waals surface area contributed by atoms with Crippen molar-refractivity contribution in [3.8, 4) is 0 Å². The van der Waals surface area contributed by atoms with Gasteiger partial charge in [0.05, 0.1) is 12.0 Å². The molecule has 8 heteroatoms. The third kappa shape index (κ3) is 4.43. The van der Waals surface area contributed by atoms with E-state index in [9.17, 15) is 27.5 Å². The van der Waals surface area contributed by atoms with Crippen LogP contribution in [-0.4, -0.2) is 52.0 Å². The summed E-state index contributed by atoms with van der Waals surface area (Å²) in [7, 11) is 0. The third-order valence-electron chi connectivity index (χ3n) is 8.27. The molecule has 2 heterocycles. The first-order valence-electron chi connectivity index (χ1n) is 12.4. The van der Waals surface area contributed by atoms with E-state index in [2.05, 4.69) is 4.90 Å². The Kier molecular flexibility index (Phi) is 6.99. The minimum Gasteiger partial charge on any atom is -0.383 e. The summed E-state index contributed by atoms with van der Waals surface area (Å²) in [5, 5.41) is 11.8. The van der Waals surface area contributed by atoms with Crippen molar-refractivity contribution >= 4 is 5.91 Å². The minimum absolute atomic E-state index is 0.177. The fourth-order valence-corrected chi connectivity index (χ4v) is 5.93. The average Bonchev–Trinajstić information content (AvgIpc) is 3.25. The Morgan fingerprint density at radius 1 is 1.03 bits per heavy atom. The molecule has 2 fully saturated rings. The van der Waals surface area contributed by atoms with Crippen molar-refractivity contribution in [3.63, 3.8) is 0 Å². The van der Waals surface area contributed by atoms with E-state index in [1.807, 2.05) is 20.8 Å². The Hall–Kier alpha value is -2.45. The molecule has 0 saturated carbocycles. The molecule has 4 rings (SSSR count). The SMILES string of the molecule is C[C@@H]1N(C(=O)[C@@H]2CN(C(C)(C)C)C[C@H]2c2ccc(F)cc2F)CC[C@H](C)[C@@]1(O)c1cccc(F)c1F. The normalized spacial score (nSPS) is 29.6. The van der Waals surface area contributed by atoms with Crippen LogP contribution < -0.4 is 0 Å². The zero-order valence-corrected chi connectivity index (χ0v) is 21.4. The summed E-state index contributed by atoms with van der Waals surface area (Å²) in [6.45, 7) is 10.5. The molecule has 2 saturated heterocycles. The second kappa shape index (κ2) is 9.45. The first-order valence-corrected chi connectivity index (χ1v) is 12.4. The molecule has 5 atom stereocenters. The van der Waals surface area contributed by atoms with E-state index < -0.39 is 52.7 Å². The van der Waals surface area contributed by atoms with Gasteiger partial charge in [0.2, 0.25) is 5.91 Å². The molecule has 0 aliphatic carbocycles. The topological polar surface area (TPSA) is 43.8 Å². The van der Waals surface area contributed by atoms with E-state index in [4.69, 9.17) is 0 Å². The van der Waals surface area contributed by atoms with Gasteiger partial charge in [0.1, 0.15) is 17.2 Å². The molecule has 2 aromatic carbocycles. The number of likely N-dealkylation sites (tertiary alicyclic amines) is 2. The van der Waals surface area contributed by atoms with Gasteiger partial charge in [-0.05, 0) is 57.7 Å². The van der Waals surface area contributed by atoms with Crippen LogP contribution in [0.3, 0.4) is 0 Å². The predicted molar refractivity (Wildman–Crippen MR) is 129 cm³/mol. The Morgan fingerprint density at radius 3 is 2.36 bits per heavy atom. The van der Waals surface area contributed by atoms with Crippen molar-refractivity contribution in [2.24, 2.45) is 11.8 Å². The molecular weight excluding hydrogens is 472 g/mol. The second-order valence-electron chi connectivity index (χ2n) is 11.3. The maximum Gasteiger partial charge on any atom is 0.228 e. The third-order valence-corrected chi connectivity index (χ3v) is 8.27. The smallest absolute Gasteiger partial charge is 0.228 e. The lowest BCUT2D eigenvalue weighted by molar-refractivity contribution is -0.160. The van der Waals surface area contributed by atoms with Gasteiger partial charge in [-0.15, -0.1) is 0 Å². The highest BCUT2D eigenvalue weighted by Gasteiger charge is 2.52. The highest BCUT2D eigenvalue weighted by Crippen LogP contribution is 2.45. The van der Waals surface area contributed by atoms with E-state index in [-0.39, 0.29) is 22.6 Å². The highest BCUT2D eigenvalue weighted by atomic mass is 19.2. The largest absolute Gasteiger partial charge is 0.383 e. The van der Waals surface area contributed by atoms with Crippen LogP contribution in [0.1, 0.15) is 58.1 Å². The Bertz CT molecular complexity index is 1150. The van der Waals surface area contributed by atoms with Gasteiger partial charge in [-0.1, -0.05) is 25.1 Å². The fourth-order valence-electron chi connectivity index (χ4n) is 5.93. The number of rotatable bonds is 3. The monoisotopic (exact) mass is 506 g/mol. The first-order chi connectivity index (χ1) is 16.8. The second-order valence-corrected chi connectivity index (χ2v) is 11.3. The van der Waals surface area contributed by atoms with E-state index in [1.54, 1.807) is 13.8 Å². The number of hydrogen-bond donors (Lipinski definition) is 1. The summed E-state index contributed by atoms with van der Waals surface area (Å²) >= 11 is 0. The van der Waals surface area contributed by atoms with Crippen LogP contribution in [0.5, 0.6) is 0 Å². The van der Waals surface area contributed by atoms with Crippen LogP contribution in [0.2, 0.25) is 0 Å². The molecule has 2 aromatic rings.